The van der Waals surface area contributed by atoms with Crippen molar-refractivity contribution in [3.05, 3.63) is 36.2 Å². The zero-order chi connectivity index (χ0) is 18.5. The zero-order valence-electron chi connectivity index (χ0n) is 15.5. The van der Waals surface area contributed by atoms with E-state index < -0.39 is 0 Å². The molecule has 1 aliphatic carbocycles. The summed E-state index contributed by atoms with van der Waals surface area (Å²) in [5, 5.41) is 7.01. The molecule has 27 heavy (non-hydrogen) atoms. The van der Waals surface area contributed by atoms with E-state index >= 15 is 0 Å². The highest BCUT2D eigenvalue weighted by molar-refractivity contribution is 5.74. The fourth-order valence-electron chi connectivity index (χ4n) is 3.57. The van der Waals surface area contributed by atoms with Gasteiger partial charge < -0.3 is 19.5 Å². The number of carbonyl (C=O) groups excluding carboxylic acids is 1. The maximum atomic E-state index is 12.7. The van der Waals surface area contributed by atoms with Crippen LogP contribution in [0.4, 0.5) is 4.79 Å². The highest BCUT2D eigenvalue weighted by atomic mass is 16.5. The summed E-state index contributed by atoms with van der Waals surface area (Å²) < 4.78 is 11.1. The molecule has 0 aromatic carbocycles. The molecular weight excluding hydrogens is 344 g/mol. The van der Waals surface area contributed by atoms with Gasteiger partial charge in [-0.15, -0.1) is 0 Å². The Balaban J connectivity index is 1.33. The van der Waals surface area contributed by atoms with Crippen LogP contribution in [-0.4, -0.2) is 46.9 Å². The third kappa shape index (κ3) is 4.66. The molecule has 0 radical (unpaired) electrons. The highest BCUT2D eigenvalue weighted by Crippen LogP contribution is 2.27. The topological polar surface area (TPSA) is 80.5 Å². The molecule has 7 nitrogen and oxygen atoms in total. The first kappa shape index (κ1) is 18.0. The summed E-state index contributed by atoms with van der Waals surface area (Å²) in [6.07, 6.45) is 7.69. The van der Waals surface area contributed by atoms with E-state index in [2.05, 4.69) is 15.5 Å². The number of carbonyl (C=O) groups is 1. The molecule has 2 fully saturated rings. The van der Waals surface area contributed by atoms with Crippen molar-refractivity contribution in [2.45, 2.75) is 44.8 Å². The Hall–Kier alpha value is -2.41. The number of hydrogen-bond acceptors (Lipinski definition) is 5. The predicted molar refractivity (Wildman–Crippen MR) is 99.9 cm³/mol. The average molecular weight is 370 g/mol. The molecule has 1 aliphatic heterocycles. The molecule has 1 saturated carbocycles. The van der Waals surface area contributed by atoms with Gasteiger partial charge >= 0.3 is 6.03 Å². The first-order valence-electron chi connectivity index (χ1n) is 9.79. The van der Waals surface area contributed by atoms with E-state index in [9.17, 15) is 4.79 Å². The lowest BCUT2D eigenvalue weighted by Gasteiger charge is -2.33. The van der Waals surface area contributed by atoms with Crippen molar-refractivity contribution < 1.29 is 14.1 Å². The summed E-state index contributed by atoms with van der Waals surface area (Å²) in [6, 6.07) is 7.39. The van der Waals surface area contributed by atoms with Crippen LogP contribution in [0.25, 0.3) is 11.4 Å². The summed E-state index contributed by atoms with van der Waals surface area (Å²) in [4.78, 5) is 18.9. The molecule has 3 heterocycles. The van der Waals surface area contributed by atoms with Crippen molar-refractivity contribution in [3.8, 4) is 11.4 Å². The summed E-state index contributed by atoms with van der Waals surface area (Å²) in [5.74, 6) is 1.24. The molecule has 2 aromatic rings. The Bertz CT molecular complexity index is 739. The SMILES string of the molecule is O=C(NCc1cc(-c2ccccn2)no1)N(CC1CCC1)C[C@@H]1CCCO1. The van der Waals surface area contributed by atoms with Crippen LogP contribution < -0.4 is 5.32 Å². The summed E-state index contributed by atoms with van der Waals surface area (Å²) in [7, 11) is 0. The largest absolute Gasteiger partial charge is 0.376 e. The van der Waals surface area contributed by atoms with Crippen LogP contribution in [0.3, 0.4) is 0 Å². The van der Waals surface area contributed by atoms with E-state index in [1.165, 1.54) is 19.3 Å². The summed E-state index contributed by atoms with van der Waals surface area (Å²) >= 11 is 0. The number of pyridine rings is 1. The Labute approximate surface area is 159 Å². The van der Waals surface area contributed by atoms with Crippen LogP contribution >= 0.6 is 0 Å². The average Bonchev–Trinajstić information content (AvgIpc) is 3.34. The normalized spacial score (nSPS) is 19.6. The Morgan fingerprint density at radius 2 is 2.11 bits per heavy atom. The molecule has 1 saturated heterocycles. The van der Waals surface area contributed by atoms with Gasteiger partial charge in [0.05, 0.1) is 18.3 Å². The standard InChI is InChI=1S/C20H26N4O3/c25-20(24(13-15-5-3-6-15)14-16-7-4-10-26-16)22-12-17-11-19(23-27-17)18-8-1-2-9-21-18/h1-2,8-9,11,15-16H,3-7,10,12-14H2,(H,22,25)/t16-/m0/s1. The molecule has 2 amide bonds. The Kier molecular flexibility index (Phi) is 5.67. The minimum absolute atomic E-state index is 0.0619. The van der Waals surface area contributed by atoms with Crippen LogP contribution in [0.5, 0.6) is 0 Å². The minimum atomic E-state index is -0.0619. The third-order valence-electron chi connectivity index (χ3n) is 5.34. The molecule has 7 heteroatoms. The highest BCUT2D eigenvalue weighted by Gasteiger charge is 2.27. The molecule has 0 unspecified atom stereocenters. The van der Waals surface area contributed by atoms with Gasteiger partial charge in [0.2, 0.25) is 0 Å². The first-order valence-corrected chi connectivity index (χ1v) is 9.79. The third-order valence-corrected chi connectivity index (χ3v) is 5.34. The van der Waals surface area contributed by atoms with Crippen LogP contribution in [0, 0.1) is 5.92 Å². The molecule has 2 aromatic heterocycles. The number of ether oxygens (including phenoxy) is 1. The van der Waals surface area contributed by atoms with Gasteiger partial charge in [0.15, 0.2) is 5.76 Å². The molecule has 1 atom stereocenters. The van der Waals surface area contributed by atoms with Gasteiger partial charge in [-0.1, -0.05) is 17.6 Å². The smallest absolute Gasteiger partial charge is 0.317 e. The lowest BCUT2D eigenvalue weighted by molar-refractivity contribution is 0.0719. The maximum absolute atomic E-state index is 12.7. The number of hydrogen-bond donors (Lipinski definition) is 1. The Morgan fingerprint density at radius 3 is 2.81 bits per heavy atom. The van der Waals surface area contributed by atoms with E-state index in [1.807, 2.05) is 29.2 Å². The van der Waals surface area contributed by atoms with E-state index in [-0.39, 0.29) is 12.1 Å². The summed E-state index contributed by atoms with van der Waals surface area (Å²) in [6.45, 7) is 2.59. The van der Waals surface area contributed by atoms with Crippen molar-refractivity contribution >= 4 is 6.03 Å². The number of urea groups is 1. The van der Waals surface area contributed by atoms with Gasteiger partial charge in [0.1, 0.15) is 5.69 Å². The van der Waals surface area contributed by atoms with Gasteiger partial charge in [-0.3, -0.25) is 4.98 Å². The maximum Gasteiger partial charge on any atom is 0.317 e. The lowest BCUT2D eigenvalue weighted by Crippen LogP contribution is -2.46. The lowest BCUT2D eigenvalue weighted by atomic mass is 9.85. The van der Waals surface area contributed by atoms with Crippen LogP contribution in [-0.2, 0) is 11.3 Å². The second-order valence-corrected chi connectivity index (χ2v) is 7.39. The molecule has 144 valence electrons. The molecule has 0 spiro atoms. The van der Waals surface area contributed by atoms with Gasteiger partial charge in [-0.2, -0.15) is 0 Å². The number of rotatable bonds is 7. The van der Waals surface area contributed by atoms with Gasteiger partial charge in [-0.25, -0.2) is 4.79 Å². The van der Waals surface area contributed by atoms with E-state index in [4.69, 9.17) is 9.26 Å². The van der Waals surface area contributed by atoms with E-state index in [0.29, 0.717) is 30.5 Å². The van der Waals surface area contributed by atoms with Crippen molar-refractivity contribution in [1.82, 2.24) is 20.4 Å². The fourth-order valence-corrected chi connectivity index (χ4v) is 3.57. The second kappa shape index (κ2) is 8.52. The molecule has 4 rings (SSSR count). The quantitative estimate of drug-likeness (QED) is 0.809. The zero-order valence-corrected chi connectivity index (χ0v) is 15.5. The van der Waals surface area contributed by atoms with Gasteiger partial charge in [-0.05, 0) is 43.7 Å². The predicted octanol–water partition coefficient (Wildman–Crippen LogP) is 3.23. The van der Waals surface area contributed by atoms with Gasteiger partial charge in [0, 0.05) is 32.0 Å². The second-order valence-electron chi connectivity index (χ2n) is 7.39. The monoisotopic (exact) mass is 370 g/mol. The number of aromatic nitrogens is 2. The number of nitrogens with zero attached hydrogens (tertiary/aromatic N) is 3. The molecular formula is C20H26N4O3. The van der Waals surface area contributed by atoms with Crippen molar-refractivity contribution in [2.24, 2.45) is 5.92 Å². The van der Waals surface area contributed by atoms with Crippen LogP contribution in [0.15, 0.2) is 35.0 Å². The number of amides is 2. The van der Waals surface area contributed by atoms with E-state index in [0.717, 1.165) is 31.7 Å². The minimum Gasteiger partial charge on any atom is -0.376 e. The first-order chi connectivity index (χ1) is 13.3. The van der Waals surface area contributed by atoms with Crippen molar-refractivity contribution in [1.29, 1.82) is 0 Å². The number of nitrogens with one attached hydrogen (secondary N) is 1. The molecule has 2 aliphatic rings. The van der Waals surface area contributed by atoms with Crippen LogP contribution in [0.2, 0.25) is 0 Å². The van der Waals surface area contributed by atoms with E-state index in [1.54, 1.807) is 6.20 Å². The Morgan fingerprint density at radius 1 is 1.19 bits per heavy atom. The van der Waals surface area contributed by atoms with Crippen molar-refractivity contribution in [2.75, 3.05) is 19.7 Å². The fraction of sp³-hybridized carbons (Fsp3) is 0.550. The van der Waals surface area contributed by atoms with Crippen LogP contribution in [0.1, 0.15) is 37.9 Å². The molecule has 0 bridgehead atoms. The summed E-state index contributed by atoms with van der Waals surface area (Å²) in [5.41, 5.74) is 1.43. The molecule has 1 N–H and O–H groups in total. The van der Waals surface area contributed by atoms with Gasteiger partial charge in [0.25, 0.3) is 0 Å². The van der Waals surface area contributed by atoms with Crippen molar-refractivity contribution in [3.63, 3.8) is 0 Å².